The van der Waals surface area contributed by atoms with Gasteiger partial charge >= 0.3 is 0 Å². The molecule has 2 aromatic rings. The molecule has 0 aliphatic carbocycles. The molecule has 4 heterocycles. The highest BCUT2D eigenvalue weighted by Gasteiger charge is 2.49. The minimum Gasteiger partial charge on any atom is -0.493 e. The molecule has 0 saturated carbocycles. The number of carbonyl (C=O) groups excluding carboxylic acids is 1. The van der Waals surface area contributed by atoms with Crippen molar-refractivity contribution in [3.05, 3.63) is 47.4 Å². The van der Waals surface area contributed by atoms with Crippen LogP contribution >= 0.6 is 0 Å². The molecule has 1 aromatic carbocycles. The van der Waals surface area contributed by atoms with Gasteiger partial charge in [0.25, 0.3) is 0 Å². The monoisotopic (exact) mass is 409 g/mol. The molecule has 30 heavy (non-hydrogen) atoms. The first-order valence-corrected chi connectivity index (χ1v) is 10.7. The zero-order valence-electron chi connectivity index (χ0n) is 17.3. The summed E-state index contributed by atoms with van der Waals surface area (Å²) in [7, 11) is 0. The Labute approximate surface area is 176 Å². The van der Waals surface area contributed by atoms with Crippen molar-refractivity contribution < 1.29 is 19.0 Å². The van der Waals surface area contributed by atoms with Crippen LogP contribution in [0.5, 0.6) is 11.6 Å². The Morgan fingerprint density at radius 3 is 3.07 bits per heavy atom. The van der Waals surface area contributed by atoms with Crippen LogP contribution < -0.4 is 9.47 Å². The quantitative estimate of drug-likeness (QED) is 0.773. The third kappa shape index (κ3) is 3.99. The molecule has 1 amide bonds. The highest BCUT2D eigenvalue weighted by Crippen LogP contribution is 2.36. The molecule has 0 bridgehead atoms. The molecule has 3 aliphatic rings. The minimum atomic E-state index is -0.292. The van der Waals surface area contributed by atoms with E-state index in [1.807, 2.05) is 24.0 Å². The van der Waals surface area contributed by atoms with Gasteiger partial charge < -0.3 is 19.1 Å². The van der Waals surface area contributed by atoms with Gasteiger partial charge in [0.1, 0.15) is 17.5 Å². The molecule has 1 spiro atoms. The van der Waals surface area contributed by atoms with Gasteiger partial charge in [0.15, 0.2) is 0 Å². The van der Waals surface area contributed by atoms with Crippen molar-refractivity contribution in [3.8, 4) is 11.6 Å². The summed E-state index contributed by atoms with van der Waals surface area (Å²) in [6.45, 7) is 4.56. The summed E-state index contributed by atoms with van der Waals surface area (Å²) < 4.78 is 17.8. The molecule has 158 valence electrons. The topological polar surface area (TPSA) is 73.8 Å². The smallest absolute Gasteiger partial charge is 0.232 e. The lowest BCUT2D eigenvalue weighted by Gasteiger charge is -2.52. The summed E-state index contributed by atoms with van der Waals surface area (Å²) in [6.07, 6.45) is 7.46. The molecule has 2 saturated heterocycles. The Morgan fingerprint density at radius 1 is 1.30 bits per heavy atom. The predicted octanol–water partition coefficient (Wildman–Crippen LogP) is 2.49. The number of hydrogen-bond acceptors (Lipinski definition) is 6. The maximum atomic E-state index is 12.8. The van der Waals surface area contributed by atoms with Crippen LogP contribution in [0.3, 0.4) is 0 Å². The Balaban J connectivity index is 1.16. The van der Waals surface area contributed by atoms with Crippen LogP contribution in [0.25, 0.3) is 0 Å². The molecule has 0 radical (unpaired) electrons. The summed E-state index contributed by atoms with van der Waals surface area (Å²) in [5, 5.41) is 0. The first-order chi connectivity index (χ1) is 14.6. The fourth-order valence-corrected chi connectivity index (χ4v) is 4.61. The third-order valence-electron chi connectivity index (χ3n) is 6.11. The molecule has 0 N–H and O–H groups in total. The number of hydrogen-bond donors (Lipinski definition) is 0. The molecular formula is C23H27N3O4. The highest BCUT2D eigenvalue weighted by molar-refractivity contribution is 5.80. The number of rotatable bonds is 4. The Bertz CT molecular complexity index is 942. The number of carbonyl (C=O) groups is 1. The van der Waals surface area contributed by atoms with Crippen molar-refractivity contribution in [1.82, 2.24) is 14.9 Å². The zero-order valence-corrected chi connectivity index (χ0v) is 17.3. The van der Waals surface area contributed by atoms with Crippen molar-refractivity contribution >= 4 is 5.91 Å². The lowest BCUT2D eigenvalue weighted by molar-refractivity contribution is -0.193. The lowest BCUT2D eigenvalue weighted by atomic mass is 9.84. The van der Waals surface area contributed by atoms with Crippen LogP contribution in [0.2, 0.25) is 0 Å². The van der Waals surface area contributed by atoms with Gasteiger partial charge in [0.2, 0.25) is 11.8 Å². The molecule has 1 aromatic heterocycles. The first kappa shape index (κ1) is 19.3. The van der Waals surface area contributed by atoms with E-state index in [1.165, 1.54) is 5.56 Å². The fourth-order valence-electron chi connectivity index (χ4n) is 4.61. The van der Waals surface area contributed by atoms with Crippen molar-refractivity contribution in [1.29, 1.82) is 0 Å². The van der Waals surface area contributed by atoms with Gasteiger partial charge in [-0.3, -0.25) is 9.78 Å². The number of aryl methyl sites for hydroxylation is 2. The summed E-state index contributed by atoms with van der Waals surface area (Å²) in [5.41, 5.74) is 2.80. The van der Waals surface area contributed by atoms with Gasteiger partial charge in [-0.2, -0.15) is 0 Å². The summed E-state index contributed by atoms with van der Waals surface area (Å²) in [5.74, 6) is 1.66. The van der Waals surface area contributed by atoms with E-state index in [-0.39, 0.29) is 17.6 Å². The Hall–Kier alpha value is -2.67. The number of benzene rings is 1. The third-order valence-corrected chi connectivity index (χ3v) is 6.11. The van der Waals surface area contributed by atoms with E-state index in [9.17, 15) is 4.79 Å². The van der Waals surface area contributed by atoms with Crippen LogP contribution in [-0.2, 0) is 22.4 Å². The Kier molecular flexibility index (Phi) is 5.06. The van der Waals surface area contributed by atoms with Gasteiger partial charge in [-0.05, 0) is 37.0 Å². The molecule has 5 rings (SSSR count). The van der Waals surface area contributed by atoms with E-state index in [2.05, 4.69) is 16.0 Å². The minimum absolute atomic E-state index is 0.0350. The predicted molar refractivity (Wildman–Crippen MR) is 110 cm³/mol. The van der Waals surface area contributed by atoms with E-state index in [0.717, 1.165) is 49.3 Å². The van der Waals surface area contributed by atoms with Crippen molar-refractivity contribution in [2.75, 3.05) is 26.3 Å². The van der Waals surface area contributed by atoms with Crippen molar-refractivity contribution in [2.24, 2.45) is 0 Å². The summed E-state index contributed by atoms with van der Waals surface area (Å²) >= 11 is 0. The second-order valence-electron chi connectivity index (χ2n) is 8.58. The number of fused-ring (bicyclic) bond motifs is 1. The number of likely N-dealkylation sites (tertiary alicyclic amines) is 1. The average molecular weight is 409 g/mol. The first-order valence-electron chi connectivity index (χ1n) is 10.7. The van der Waals surface area contributed by atoms with Crippen LogP contribution in [0, 0.1) is 6.92 Å². The second kappa shape index (κ2) is 7.87. The number of nitrogens with zero attached hydrogens (tertiary/aromatic N) is 3. The molecule has 1 atom stereocenters. The Morgan fingerprint density at radius 2 is 2.20 bits per heavy atom. The van der Waals surface area contributed by atoms with Gasteiger partial charge in [0, 0.05) is 19.0 Å². The van der Waals surface area contributed by atoms with Gasteiger partial charge in [0.05, 0.1) is 44.6 Å². The molecule has 7 nitrogen and oxygen atoms in total. The van der Waals surface area contributed by atoms with E-state index in [4.69, 9.17) is 14.2 Å². The van der Waals surface area contributed by atoms with Crippen molar-refractivity contribution in [3.63, 3.8) is 0 Å². The number of ether oxygens (including phenoxy) is 3. The van der Waals surface area contributed by atoms with Crippen LogP contribution in [0.1, 0.15) is 36.1 Å². The highest BCUT2D eigenvalue weighted by atomic mass is 16.5. The fraction of sp³-hybridized carbons (Fsp3) is 0.522. The van der Waals surface area contributed by atoms with Gasteiger partial charge in [-0.1, -0.05) is 12.1 Å². The largest absolute Gasteiger partial charge is 0.493 e. The van der Waals surface area contributed by atoms with Crippen LogP contribution in [0.15, 0.2) is 30.6 Å². The zero-order chi connectivity index (χ0) is 20.6. The van der Waals surface area contributed by atoms with Crippen LogP contribution in [0.4, 0.5) is 0 Å². The molecule has 3 aliphatic heterocycles. The molecule has 7 heteroatoms. The standard InChI is InChI=1S/C23H27N3O4/c1-16-12-24-13-21(25-16)30-19-6-8-29-23(11-19)14-26(15-23)22(27)10-17-4-5-20-18(9-17)3-2-7-28-20/h4-5,9,12-13,19H,2-3,6-8,10-11,14-15H2,1H3/t19-/m0/s1. The molecule has 2 fully saturated rings. The second-order valence-corrected chi connectivity index (χ2v) is 8.58. The SMILES string of the molecule is Cc1cncc(O[C@H]2CCOC3(C2)CN(C(=O)Cc2ccc4c(c2)CCCO4)C3)n1. The van der Waals surface area contributed by atoms with Crippen LogP contribution in [-0.4, -0.2) is 58.8 Å². The molecular weight excluding hydrogens is 382 g/mol. The normalized spacial score (nSPS) is 22.0. The summed E-state index contributed by atoms with van der Waals surface area (Å²) in [6, 6.07) is 6.11. The van der Waals surface area contributed by atoms with E-state index >= 15 is 0 Å². The number of amides is 1. The lowest BCUT2D eigenvalue weighted by Crippen LogP contribution is -2.67. The van der Waals surface area contributed by atoms with E-state index in [1.54, 1.807) is 12.4 Å². The van der Waals surface area contributed by atoms with Gasteiger partial charge in [-0.15, -0.1) is 0 Å². The van der Waals surface area contributed by atoms with Crippen molar-refractivity contribution in [2.45, 2.75) is 50.7 Å². The van der Waals surface area contributed by atoms with E-state index in [0.29, 0.717) is 32.0 Å². The van der Waals surface area contributed by atoms with Gasteiger partial charge in [-0.25, -0.2) is 4.98 Å². The molecule has 0 unspecified atom stereocenters. The maximum absolute atomic E-state index is 12.8. The average Bonchev–Trinajstić information content (AvgIpc) is 2.72. The number of aromatic nitrogens is 2. The summed E-state index contributed by atoms with van der Waals surface area (Å²) in [4.78, 5) is 23.2. The maximum Gasteiger partial charge on any atom is 0.232 e. The van der Waals surface area contributed by atoms with E-state index < -0.39 is 0 Å².